The number of likely N-dealkylation sites (tertiary alicyclic amines) is 1. The highest BCUT2D eigenvalue weighted by atomic mass is 35.5. The number of nitrogens with one attached hydrogen (secondary N) is 4. The maximum Gasteiger partial charge on any atom is 0.573 e. The van der Waals surface area contributed by atoms with Crippen LogP contribution < -0.4 is 25.6 Å². The number of halogens is 4. The van der Waals surface area contributed by atoms with E-state index in [1.807, 2.05) is 32.6 Å². The molecular weight excluding hydrogens is 843 g/mol. The molecule has 3 fully saturated rings. The number of carbonyl (C=O) groups excluding carboxylic acids is 4. The number of benzene rings is 2. The molecule has 4 amide bonds. The number of nitrogens with zero attached hydrogens (tertiary/aromatic N) is 5. The molecule has 3 unspecified atom stereocenters. The van der Waals surface area contributed by atoms with Crippen LogP contribution in [-0.2, 0) is 14.3 Å². The Kier molecular flexibility index (Phi) is 13.2. The number of imidazole rings is 1. The lowest BCUT2D eigenvalue weighted by Crippen LogP contribution is -2.60. The molecule has 63 heavy (non-hydrogen) atoms. The second kappa shape index (κ2) is 18.5. The predicted molar refractivity (Wildman–Crippen MR) is 230 cm³/mol. The molecule has 0 spiro atoms. The highest BCUT2D eigenvalue weighted by molar-refractivity contribution is 6.34. The molecule has 15 nitrogen and oxygen atoms in total. The average molecular weight is 894 g/mol. The summed E-state index contributed by atoms with van der Waals surface area (Å²) in [5.41, 5.74) is 1.07. The minimum absolute atomic E-state index is 0.0283. The van der Waals surface area contributed by atoms with Gasteiger partial charge >= 0.3 is 12.5 Å². The van der Waals surface area contributed by atoms with E-state index in [9.17, 15) is 32.3 Å². The molecule has 4 N–H and O–H groups in total. The Hall–Kier alpha value is -5.88. The van der Waals surface area contributed by atoms with Crippen LogP contribution in [0, 0.1) is 5.92 Å². The third-order valence-electron chi connectivity index (χ3n) is 11.9. The Bertz CT molecular complexity index is 2320. The summed E-state index contributed by atoms with van der Waals surface area (Å²) in [7, 11) is 1.24. The van der Waals surface area contributed by atoms with E-state index in [4.69, 9.17) is 21.3 Å². The average Bonchev–Trinajstić information content (AvgIpc) is 4.05. The van der Waals surface area contributed by atoms with Crippen molar-refractivity contribution >= 4 is 46.9 Å². The number of alkyl halides is 3. The lowest BCUT2D eigenvalue weighted by atomic mass is 9.97. The summed E-state index contributed by atoms with van der Waals surface area (Å²) in [6, 6.07) is 11.0. The van der Waals surface area contributed by atoms with E-state index in [1.165, 1.54) is 19.4 Å². The van der Waals surface area contributed by atoms with Gasteiger partial charge in [0.25, 0.3) is 5.91 Å². The van der Waals surface area contributed by atoms with Crippen LogP contribution in [0.1, 0.15) is 75.6 Å². The van der Waals surface area contributed by atoms with Gasteiger partial charge in [0, 0.05) is 61.8 Å². The maximum atomic E-state index is 13.8. The summed E-state index contributed by atoms with van der Waals surface area (Å²) < 4.78 is 50.5. The molecule has 0 radical (unpaired) electrons. The number of aromatic amines is 1. The largest absolute Gasteiger partial charge is 0.573 e. The SMILES string of the molecule is COC(=O)N[C@H](C(=O)N1CCCC1c1nc(-c2ccc(-c3cc(Cl)c(NC(=O)c4ccc(N5CCN(C(=O)C6(C)CCCN6)CC5C)nc4)cc3OC(F)(F)F)cc2)c[nH]1)C(C)C. The lowest BCUT2D eigenvalue weighted by Gasteiger charge is -2.43. The van der Waals surface area contributed by atoms with Crippen molar-refractivity contribution in [3.8, 4) is 28.1 Å². The fraction of sp³-hybridized carbons (Fsp3) is 0.455. The Balaban J connectivity index is 1.03. The molecule has 4 aromatic rings. The number of hydrogen-bond acceptors (Lipinski definition) is 10. The minimum Gasteiger partial charge on any atom is -0.453 e. The molecule has 3 aliphatic rings. The second-order valence-corrected chi connectivity index (χ2v) is 17.1. The first-order chi connectivity index (χ1) is 29.9. The molecule has 3 aliphatic heterocycles. The van der Waals surface area contributed by atoms with Gasteiger partial charge < -0.3 is 45.1 Å². The molecule has 2 aromatic heterocycles. The number of pyridine rings is 1. The smallest absolute Gasteiger partial charge is 0.453 e. The van der Waals surface area contributed by atoms with E-state index in [2.05, 4.69) is 35.6 Å². The molecule has 3 saturated heterocycles. The van der Waals surface area contributed by atoms with Gasteiger partial charge in [0.1, 0.15) is 23.4 Å². The molecule has 4 atom stereocenters. The number of piperazine rings is 1. The third kappa shape index (κ3) is 10.0. The zero-order valence-corrected chi connectivity index (χ0v) is 36.4. The molecule has 0 bridgehead atoms. The number of aromatic nitrogens is 3. The second-order valence-electron chi connectivity index (χ2n) is 16.7. The summed E-state index contributed by atoms with van der Waals surface area (Å²) in [6.07, 6.45) is 0.471. The quantitative estimate of drug-likeness (QED) is 0.121. The molecule has 7 rings (SSSR count). The molecule has 0 saturated carbocycles. The van der Waals surface area contributed by atoms with Crippen LogP contribution in [0.5, 0.6) is 5.75 Å². The third-order valence-corrected chi connectivity index (χ3v) is 12.2. The number of amides is 4. The van der Waals surface area contributed by atoms with Crippen molar-refractivity contribution in [1.82, 2.24) is 35.4 Å². The van der Waals surface area contributed by atoms with Crippen molar-refractivity contribution in [1.29, 1.82) is 0 Å². The van der Waals surface area contributed by atoms with Gasteiger partial charge in [-0.15, -0.1) is 13.2 Å². The molecule has 0 aliphatic carbocycles. The monoisotopic (exact) mass is 893 g/mol. The highest BCUT2D eigenvalue weighted by Crippen LogP contribution is 2.41. The number of methoxy groups -OCH3 is 1. The molecular formula is C44H51ClF3N9O6. The topological polar surface area (TPSA) is 174 Å². The summed E-state index contributed by atoms with van der Waals surface area (Å²) in [6.45, 7) is 10.5. The van der Waals surface area contributed by atoms with Crippen molar-refractivity contribution < 1.29 is 41.8 Å². The van der Waals surface area contributed by atoms with Gasteiger partial charge in [-0.3, -0.25) is 14.4 Å². The summed E-state index contributed by atoms with van der Waals surface area (Å²) in [5.74, 6) is -0.390. The molecule has 336 valence electrons. The van der Waals surface area contributed by atoms with Gasteiger partial charge in [-0.1, -0.05) is 49.7 Å². The summed E-state index contributed by atoms with van der Waals surface area (Å²) >= 11 is 6.60. The Labute approximate surface area is 368 Å². The molecule has 19 heteroatoms. The summed E-state index contributed by atoms with van der Waals surface area (Å²) in [4.78, 5) is 70.2. The van der Waals surface area contributed by atoms with Crippen LogP contribution in [0.4, 0.5) is 29.5 Å². The molecule has 5 heterocycles. The minimum atomic E-state index is -5.06. The van der Waals surface area contributed by atoms with Gasteiger partial charge in [0.15, 0.2) is 0 Å². The van der Waals surface area contributed by atoms with Crippen molar-refractivity contribution in [3.05, 3.63) is 77.3 Å². The van der Waals surface area contributed by atoms with Crippen LogP contribution in [0.2, 0.25) is 5.02 Å². The Morgan fingerprint density at radius 2 is 1.76 bits per heavy atom. The van der Waals surface area contributed by atoms with E-state index < -0.39 is 35.7 Å². The van der Waals surface area contributed by atoms with Crippen molar-refractivity contribution in [2.24, 2.45) is 5.92 Å². The Morgan fingerprint density at radius 3 is 2.40 bits per heavy atom. The first-order valence-corrected chi connectivity index (χ1v) is 21.3. The number of ether oxygens (including phenoxy) is 2. The fourth-order valence-corrected chi connectivity index (χ4v) is 8.76. The van der Waals surface area contributed by atoms with E-state index in [-0.39, 0.29) is 51.7 Å². The molecule has 2 aromatic carbocycles. The standard InChI is InChI=1S/C44H51ClF3N9O6/c1-25(2)37(54-42(61)62-5)40(59)57-17-6-8-34(57)38-50-23-33(52-38)28-11-9-27(10-12-28)30-20-31(45)32(21-35(30)63-44(46,47)48)53-39(58)29-13-14-36(49-22-29)56-19-18-55(24-26(56)3)41(60)43(4)15-7-16-51-43/h9-14,20-23,25-26,34,37,51H,6-8,15-19,24H2,1-5H3,(H,50,52)(H,53,58)(H,54,61)/t26?,34?,37-,43?/m0/s1. The maximum absolute atomic E-state index is 13.8. The van der Waals surface area contributed by atoms with E-state index >= 15 is 0 Å². The van der Waals surface area contributed by atoms with Crippen LogP contribution in [-0.4, -0.2) is 112 Å². The highest BCUT2D eigenvalue weighted by Gasteiger charge is 2.41. The number of anilines is 2. The Morgan fingerprint density at radius 1 is 1.02 bits per heavy atom. The number of carbonyl (C=O) groups is 4. The van der Waals surface area contributed by atoms with Crippen molar-refractivity contribution in [2.75, 3.05) is 50.1 Å². The van der Waals surface area contributed by atoms with Gasteiger partial charge in [-0.2, -0.15) is 0 Å². The van der Waals surface area contributed by atoms with Gasteiger partial charge in [0.2, 0.25) is 11.8 Å². The number of H-pyrrole nitrogens is 1. The zero-order chi connectivity index (χ0) is 45.2. The first-order valence-electron chi connectivity index (χ1n) is 20.9. The van der Waals surface area contributed by atoms with E-state index in [0.717, 1.165) is 31.9 Å². The van der Waals surface area contributed by atoms with Gasteiger partial charge in [0.05, 0.1) is 40.7 Å². The van der Waals surface area contributed by atoms with Crippen LogP contribution in [0.15, 0.2) is 60.9 Å². The van der Waals surface area contributed by atoms with Crippen LogP contribution in [0.3, 0.4) is 0 Å². The fourth-order valence-electron chi connectivity index (χ4n) is 8.55. The van der Waals surface area contributed by atoms with Crippen molar-refractivity contribution in [3.63, 3.8) is 0 Å². The predicted octanol–water partition coefficient (Wildman–Crippen LogP) is 7.17. The number of alkyl carbamates (subject to hydrolysis) is 1. The van der Waals surface area contributed by atoms with Gasteiger partial charge in [-0.25, -0.2) is 14.8 Å². The number of hydrogen-bond donors (Lipinski definition) is 4. The first kappa shape index (κ1) is 45.2. The zero-order valence-electron chi connectivity index (χ0n) is 35.6. The number of rotatable bonds is 11. The summed E-state index contributed by atoms with van der Waals surface area (Å²) in [5, 5.41) is 8.53. The lowest BCUT2D eigenvalue weighted by molar-refractivity contribution is -0.274. The normalized spacial score (nSPS) is 20.8. The van der Waals surface area contributed by atoms with E-state index in [0.29, 0.717) is 61.1 Å². The van der Waals surface area contributed by atoms with Crippen LogP contribution >= 0.6 is 11.6 Å². The van der Waals surface area contributed by atoms with E-state index in [1.54, 1.807) is 47.5 Å². The van der Waals surface area contributed by atoms with Crippen molar-refractivity contribution in [2.45, 2.75) is 83.4 Å². The van der Waals surface area contributed by atoms with Crippen LogP contribution in [0.25, 0.3) is 22.4 Å². The van der Waals surface area contributed by atoms with Gasteiger partial charge in [-0.05, 0) is 75.8 Å².